The Balaban J connectivity index is 1.71. The van der Waals surface area contributed by atoms with E-state index in [1.54, 1.807) is 0 Å². The van der Waals surface area contributed by atoms with E-state index in [9.17, 15) is 0 Å². The van der Waals surface area contributed by atoms with Gasteiger partial charge in [-0.25, -0.2) is 0 Å². The van der Waals surface area contributed by atoms with Crippen molar-refractivity contribution in [2.45, 2.75) is 32.6 Å². The SMILES string of the molecule is CCNC(=NCCC1CCN(C)CC1)NCCc1cccc(Cl)c1. The third kappa shape index (κ3) is 7.10. The molecule has 134 valence electrons. The van der Waals surface area contributed by atoms with Crippen LogP contribution in [0.1, 0.15) is 31.7 Å². The summed E-state index contributed by atoms with van der Waals surface area (Å²) >= 11 is 6.03. The lowest BCUT2D eigenvalue weighted by Gasteiger charge is -2.28. The van der Waals surface area contributed by atoms with E-state index in [4.69, 9.17) is 16.6 Å². The van der Waals surface area contributed by atoms with Crippen molar-refractivity contribution >= 4 is 17.6 Å². The lowest BCUT2D eigenvalue weighted by atomic mass is 9.94. The maximum Gasteiger partial charge on any atom is 0.191 e. The zero-order chi connectivity index (χ0) is 17.2. The van der Waals surface area contributed by atoms with Crippen LogP contribution in [0.3, 0.4) is 0 Å². The second kappa shape index (κ2) is 10.6. The van der Waals surface area contributed by atoms with Crippen LogP contribution >= 0.6 is 11.6 Å². The Kier molecular flexibility index (Phi) is 8.40. The summed E-state index contributed by atoms with van der Waals surface area (Å²) in [6, 6.07) is 8.04. The fourth-order valence-electron chi connectivity index (χ4n) is 3.07. The third-order valence-electron chi connectivity index (χ3n) is 4.58. The zero-order valence-corrected chi connectivity index (χ0v) is 15.8. The van der Waals surface area contributed by atoms with E-state index in [1.807, 2.05) is 18.2 Å². The van der Waals surface area contributed by atoms with Crippen molar-refractivity contribution in [2.24, 2.45) is 10.9 Å². The van der Waals surface area contributed by atoms with Crippen molar-refractivity contribution in [3.05, 3.63) is 34.9 Å². The van der Waals surface area contributed by atoms with Gasteiger partial charge < -0.3 is 15.5 Å². The highest BCUT2D eigenvalue weighted by Crippen LogP contribution is 2.19. The number of likely N-dealkylation sites (tertiary alicyclic amines) is 1. The molecule has 0 amide bonds. The van der Waals surface area contributed by atoms with Gasteiger partial charge in [0.15, 0.2) is 5.96 Å². The van der Waals surface area contributed by atoms with Crippen LogP contribution in [0, 0.1) is 5.92 Å². The van der Waals surface area contributed by atoms with E-state index in [-0.39, 0.29) is 0 Å². The molecule has 5 heteroatoms. The lowest BCUT2D eigenvalue weighted by molar-refractivity contribution is 0.214. The highest BCUT2D eigenvalue weighted by Gasteiger charge is 2.15. The molecule has 0 aliphatic carbocycles. The fraction of sp³-hybridized carbons (Fsp3) is 0.632. The summed E-state index contributed by atoms with van der Waals surface area (Å²) in [5.41, 5.74) is 1.25. The maximum absolute atomic E-state index is 6.03. The molecule has 2 rings (SSSR count). The predicted octanol–water partition coefficient (Wildman–Crippen LogP) is 3.17. The van der Waals surface area contributed by atoms with E-state index in [0.29, 0.717) is 0 Å². The third-order valence-corrected chi connectivity index (χ3v) is 4.82. The van der Waals surface area contributed by atoms with Crippen molar-refractivity contribution in [2.75, 3.05) is 39.8 Å². The number of hydrogen-bond acceptors (Lipinski definition) is 2. The van der Waals surface area contributed by atoms with Gasteiger partial charge in [-0.1, -0.05) is 23.7 Å². The number of guanidine groups is 1. The number of piperidine rings is 1. The van der Waals surface area contributed by atoms with Gasteiger partial charge in [0.05, 0.1) is 0 Å². The molecule has 0 atom stereocenters. The van der Waals surface area contributed by atoms with Crippen LogP contribution in [0.25, 0.3) is 0 Å². The first-order chi connectivity index (χ1) is 11.7. The first-order valence-corrected chi connectivity index (χ1v) is 9.50. The number of halogens is 1. The topological polar surface area (TPSA) is 39.7 Å². The Morgan fingerprint density at radius 1 is 1.29 bits per heavy atom. The molecule has 1 aromatic carbocycles. The number of benzene rings is 1. The van der Waals surface area contributed by atoms with Gasteiger partial charge in [0.2, 0.25) is 0 Å². The second-order valence-corrected chi connectivity index (χ2v) is 7.04. The van der Waals surface area contributed by atoms with Crippen LogP contribution in [0.2, 0.25) is 5.02 Å². The van der Waals surface area contributed by atoms with Gasteiger partial charge in [-0.05, 0) is 76.4 Å². The molecule has 0 aromatic heterocycles. The number of nitrogens with zero attached hydrogens (tertiary/aromatic N) is 2. The van der Waals surface area contributed by atoms with Gasteiger partial charge in [-0.3, -0.25) is 4.99 Å². The molecule has 0 radical (unpaired) electrons. The smallest absolute Gasteiger partial charge is 0.191 e. The van der Waals surface area contributed by atoms with Gasteiger partial charge in [0.25, 0.3) is 0 Å². The van der Waals surface area contributed by atoms with Gasteiger partial charge in [-0.15, -0.1) is 0 Å². The molecule has 4 nitrogen and oxygen atoms in total. The van der Waals surface area contributed by atoms with Crippen molar-refractivity contribution in [3.63, 3.8) is 0 Å². The Morgan fingerprint density at radius 2 is 2.08 bits per heavy atom. The normalized spacial score (nSPS) is 17.0. The summed E-state index contributed by atoms with van der Waals surface area (Å²) in [6.07, 6.45) is 4.76. The Bertz CT molecular complexity index is 510. The summed E-state index contributed by atoms with van der Waals surface area (Å²) in [5, 5.41) is 7.55. The largest absolute Gasteiger partial charge is 0.357 e. The molecular weight excluding hydrogens is 320 g/mol. The molecule has 2 N–H and O–H groups in total. The first kappa shape index (κ1) is 19.1. The maximum atomic E-state index is 6.03. The van der Waals surface area contributed by atoms with Crippen LogP contribution in [0.5, 0.6) is 0 Å². The quantitative estimate of drug-likeness (QED) is 0.586. The van der Waals surface area contributed by atoms with Crippen molar-refractivity contribution < 1.29 is 0 Å². The molecular formula is C19H31ClN4. The molecule has 1 fully saturated rings. The molecule has 1 heterocycles. The van der Waals surface area contributed by atoms with Crippen LogP contribution in [-0.4, -0.2) is 50.6 Å². The second-order valence-electron chi connectivity index (χ2n) is 6.60. The Labute approximate surface area is 151 Å². The Hall–Kier alpha value is -1.26. The first-order valence-electron chi connectivity index (χ1n) is 9.12. The van der Waals surface area contributed by atoms with E-state index in [0.717, 1.165) is 43.0 Å². The molecule has 1 saturated heterocycles. The van der Waals surface area contributed by atoms with Crippen LogP contribution in [0.4, 0.5) is 0 Å². The molecule has 0 unspecified atom stereocenters. The number of hydrogen-bond donors (Lipinski definition) is 2. The molecule has 0 spiro atoms. The summed E-state index contributed by atoms with van der Waals surface area (Å²) in [7, 11) is 2.21. The number of rotatable bonds is 7. The summed E-state index contributed by atoms with van der Waals surface area (Å²) in [4.78, 5) is 7.15. The van der Waals surface area contributed by atoms with Gasteiger partial charge >= 0.3 is 0 Å². The molecule has 1 aromatic rings. The zero-order valence-electron chi connectivity index (χ0n) is 15.0. The summed E-state index contributed by atoms with van der Waals surface area (Å²) in [6.45, 7) is 7.21. The summed E-state index contributed by atoms with van der Waals surface area (Å²) < 4.78 is 0. The monoisotopic (exact) mass is 350 g/mol. The molecule has 1 aliphatic rings. The van der Waals surface area contributed by atoms with Crippen molar-refractivity contribution in [3.8, 4) is 0 Å². The molecule has 0 saturated carbocycles. The van der Waals surface area contributed by atoms with Gasteiger partial charge in [0.1, 0.15) is 0 Å². The molecule has 1 aliphatic heterocycles. The van der Waals surface area contributed by atoms with Gasteiger partial charge in [0, 0.05) is 24.7 Å². The minimum atomic E-state index is 0.797. The van der Waals surface area contributed by atoms with Crippen molar-refractivity contribution in [1.82, 2.24) is 15.5 Å². The van der Waals surface area contributed by atoms with Crippen LogP contribution < -0.4 is 10.6 Å². The number of aliphatic imine (C=N–C) groups is 1. The Morgan fingerprint density at radius 3 is 2.79 bits per heavy atom. The fourth-order valence-corrected chi connectivity index (χ4v) is 3.28. The van der Waals surface area contributed by atoms with E-state index >= 15 is 0 Å². The minimum Gasteiger partial charge on any atom is -0.357 e. The minimum absolute atomic E-state index is 0.797. The average Bonchev–Trinajstić information content (AvgIpc) is 2.57. The predicted molar refractivity (Wildman–Crippen MR) is 104 cm³/mol. The van der Waals surface area contributed by atoms with E-state index in [1.165, 1.54) is 37.9 Å². The highest BCUT2D eigenvalue weighted by molar-refractivity contribution is 6.30. The molecule has 0 bridgehead atoms. The van der Waals surface area contributed by atoms with E-state index < -0.39 is 0 Å². The number of nitrogens with one attached hydrogen (secondary N) is 2. The van der Waals surface area contributed by atoms with Gasteiger partial charge in [-0.2, -0.15) is 0 Å². The highest BCUT2D eigenvalue weighted by atomic mass is 35.5. The van der Waals surface area contributed by atoms with Crippen LogP contribution in [0.15, 0.2) is 29.3 Å². The summed E-state index contributed by atoms with van der Waals surface area (Å²) in [5.74, 6) is 1.76. The van der Waals surface area contributed by atoms with Crippen LogP contribution in [-0.2, 0) is 6.42 Å². The standard InChI is InChI=1S/C19H31ClN4/c1-3-21-19(22-11-7-16-9-13-24(2)14-10-16)23-12-8-17-5-4-6-18(20)15-17/h4-6,15-16H,3,7-14H2,1-2H3,(H2,21,22,23). The van der Waals surface area contributed by atoms with Crippen molar-refractivity contribution in [1.29, 1.82) is 0 Å². The average molecular weight is 351 g/mol. The lowest BCUT2D eigenvalue weighted by Crippen LogP contribution is -2.38. The molecule has 24 heavy (non-hydrogen) atoms. The van der Waals surface area contributed by atoms with E-state index in [2.05, 4.69) is 35.6 Å².